The lowest BCUT2D eigenvalue weighted by atomic mass is 10.0. The van der Waals surface area contributed by atoms with Crippen LogP contribution in [0.25, 0.3) is 0 Å². The van der Waals surface area contributed by atoms with Crippen molar-refractivity contribution < 1.29 is 0 Å². The highest BCUT2D eigenvalue weighted by atomic mass is 15.2. The minimum atomic E-state index is 0.395. The lowest BCUT2D eigenvalue weighted by molar-refractivity contribution is 0.157. The van der Waals surface area contributed by atoms with Crippen molar-refractivity contribution in [1.29, 1.82) is 5.26 Å². The van der Waals surface area contributed by atoms with Gasteiger partial charge in [0.1, 0.15) is 0 Å². The van der Waals surface area contributed by atoms with Gasteiger partial charge in [-0.05, 0) is 44.1 Å². The molecule has 2 aliphatic rings. The smallest absolute Gasteiger partial charge is 0.0628 e. The molecule has 0 N–H and O–H groups in total. The molecule has 0 aromatic heterocycles. The average molecular weight is 220 g/mol. The van der Waals surface area contributed by atoms with E-state index in [1.807, 2.05) is 0 Å². The Morgan fingerprint density at radius 3 is 2.75 bits per heavy atom. The van der Waals surface area contributed by atoms with Crippen LogP contribution in [0.4, 0.5) is 0 Å². The maximum Gasteiger partial charge on any atom is 0.0628 e. The van der Waals surface area contributed by atoms with Crippen LogP contribution < -0.4 is 0 Å². The molecular formula is C14H24N2. The van der Waals surface area contributed by atoms with Crippen LogP contribution >= 0.6 is 0 Å². The first kappa shape index (κ1) is 11.9. The predicted octanol–water partition coefficient (Wildman–Crippen LogP) is 3.33. The molecular weight excluding hydrogens is 196 g/mol. The second-order valence-electron chi connectivity index (χ2n) is 5.72. The largest absolute Gasteiger partial charge is 0.300 e. The van der Waals surface area contributed by atoms with Crippen molar-refractivity contribution in [2.45, 2.75) is 64.3 Å². The normalized spacial score (nSPS) is 29.4. The van der Waals surface area contributed by atoms with Crippen molar-refractivity contribution in [3.8, 4) is 6.07 Å². The lowest BCUT2D eigenvalue weighted by Gasteiger charge is -2.32. The zero-order chi connectivity index (χ0) is 11.4. The highest BCUT2D eigenvalue weighted by Gasteiger charge is 2.44. The summed E-state index contributed by atoms with van der Waals surface area (Å²) in [6, 6.07) is 3.17. The van der Waals surface area contributed by atoms with Gasteiger partial charge in [0.25, 0.3) is 0 Å². The van der Waals surface area contributed by atoms with E-state index in [1.165, 1.54) is 58.0 Å². The van der Waals surface area contributed by atoms with Gasteiger partial charge in [-0.25, -0.2) is 0 Å². The van der Waals surface area contributed by atoms with E-state index in [0.717, 1.165) is 12.5 Å². The molecule has 1 unspecified atom stereocenters. The maximum absolute atomic E-state index is 8.88. The Kier molecular flexibility index (Phi) is 3.86. The Hall–Kier alpha value is -0.550. The highest BCUT2D eigenvalue weighted by molar-refractivity contribution is 5.01. The first-order valence-electron chi connectivity index (χ1n) is 6.91. The monoisotopic (exact) mass is 220 g/mol. The summed E-state index contributed by atoms with van der Waals surface area (Å²) >= 11 is 0. The van der Waals surface area contributed by atoms with Gasteiger partial charge in [0, 0.05) is 19.0 Å². The molecule has 2 fully saturated rings. The molecule has 16 heavy (non-hydrogen) atoms. The molecule has 90 valence electrons. The fraction of sp³-hybridized carbons (Fsp3) is 0.929. The standard InChI is InChI=1S/C14H24N2/c1-2-13-6-4-3-5-11-16(13)12-14(7-8-14)9-10-15/h13H,2-9,11-12H2,1H3. The van der Waals surface area contributed by atoms with Gasteiger partial charge in [0.15, 0.2) is 0 Å². The van der Waals surface area contributed by atoms with E-state index >= 15 is 0 Å². The van der Waals surface area contributed by atoms with Crippen LogP contribution in [0.1, 0.15) is 58.3 Å². The Morgan fingerprint density at radius 2 is 2.12 bits per heavy atom. The van der Waals surface area contributed by atoms with E-state index in [1.54, 1.807) is 0 Å². The van der Waals surface area contributed by atoms with E-state index < -0.39 is 0 Å². The highest BCUT2D eigenvalue weighted by Crippen LogP contribution is 2.49. The summed E-state index contributed by atoms with van der Waals surface area (Å²) in [6.07, 6.45) is 10.2. The van der Waals surface area contributed by atoms with Gasteiger partial charge < -0.3 is 0 Å². The van der Waals surface area contributed by atoms with Crippen molar-refractivity contribution >= 4 is 0 Å². The van der Waals surface area contributed by atoms with E-state index in [9.17, 15) is 0 Å². The molecule has 1 aliphatic carbocycles. The van der Waals surface area contributed by atoms with Crippen LogP contribution in [-0.4, -0.2) is 24.0 Å². The summed E-state index contributed by atoms with van der Waals surface area (Å²) in [4.78, 5) is 2.69. The lowest BCUT2D eigenvalue weighted by Crippen LogP contribution is -2.38. The van der Waals surface area contributed by atoms with Gasteiger partial charge in [-0.2, -0.15) is 5.26 Å². The molecule has 1 atom stereocenters. The first-order valence-corrected chi connectivity index (χ1v) is 6.91. The number of hydrogen-bond donors (Lipinski definition) is 0. The van der Waals surface area contributed by atoms with Crippen LogP contribution in [0.3, 0.4) is 0 Å². The Labute approximate surface area is 99.6 Å². The molecule has 0 bridgehead atoms. The van der Waals surface area contributed by atoms with Gasteiger partial charge in [0.05, 0.1) is 6.07 Å². The zero-order valence-corrected chi connectivity index (χ0v) is 10.5. The van der Waals surface area contributed by atoms with E-state index in [-0.39, 0.29) is 0 Å². The number of hydrogen-bond acceptors (Lipinski definition) is 2. The average Bonchev–Trinajstić information content (AvgIpc) is 3.05. The van der Waals surface area contributed by atoms with Crippen LogP contribution in [-0.2, 0) is 0 Å². The number of nitrogens with zero attached hydrogens (tertiary/aromatic N) is 2. The van der Waals surface area contributed by atoms with Gasteiger partial charge in [-0.3, -0.25) is 4.90 Å². The summed E-state index contributed by atoms with van der Waals surface area (Å²) in [6.45, 7) is 4.78. The molecule has 2 rings (SSSR count). The van der Waals surface area contributed by atoms with Crippen molar-refractivity contribution in [2.24, 2.45) is 5.41 Å². The predicted molar refractivity (Wildman–Crippen MR) is 66.0 cm³/mol. The van der Waals surface area contributed by atoms with Crippen molar-refractivity contribution in [1.82, 2.24) is 4.90 Å². The summed E-state index contributed by atoms with van der Waals surface area (Å²) in [5.74, 6) is 0. The Balaban J connectivity index is 1.93. The minimum absolute atomic E-state index is 0.395. The zero-order valence-electron chi connectivity index (χ0n) is 10.5. The minimum Gasteiger partial charge on any atom is -0.300 e. The van der Waals surface area contributed by atoms with Gasteiger partial charge in [0.2, 0.25) is 0 Å². The molecule has 1 aliphatic heterocycles. The molecule has 0 spiro atoms. The van der Waals surface area contributed by atoms with Gasteiger partial charge in [-0.1, -0.05) is 19.8 Å². The third-order valence-corrected chi connectivity index (χ3v) is 4.42. The third-order valence-electron chi connectivity index (χ3n) is 4.42. The third kappa shape index (κ3) is 2.77. The van der Waals surface area contributed by atoms with Crippen molar-refractivity contribution in [3.63, 3.8) is 0 Å². The van der Waals surface area contributed by atoms with Gasteiger partial charge >= 0.3 is 0 Å². The molecule has 1 heterocycles. The quantitative estimate of drug-likeness (QED) is 0.726. The summed E-state index contributed by atoms with van der Waals surface area (Å²) in [5.41, 5.74) is 0.395. The van der Waals surface area contributed by atoms with Crippen LogP contribution in [0, 0.1) is 16.7 Å². The molecule has 0 amide bonds. The molecule has 0 radical (unpaired) electrons. The molecule has 1 saturated heterocycles. The fourth-order valence-corrected chi connectivity index (χ4v) is 3.07. The van der Waals surface area contributed by atoms with Crippen LogP contribution in [0.2, 0.25) is 0 Å². The van der Waals surface area contributed by atoms with Crippen LogP contribution in [0.5, 0.6) is 0 Å². The van der Waals surface area contributed by atoms with E-state index in [4.69, 9.17) is 5.26 Å². The summed E-state index contributed by atoms with van der Waals surface area (Å²) < 4.78 is 0. The van der Waals surface area contributed by atoms with Crippen molar-refractivity contribution in [3.05, 3.63) is 0 Å². The van der Waals surface area contributed by atoms with Gasteiger partial charge in [-0.15, -0.1) is 0 Å². The molecule has 0 aromatic rings. The van der Waals surface area contributed by atoms with Crippen LogP contribution in [0.15, 0.2) is 0 Å². The molecule has 1 saturated carbocycles. The fourth-order valence-electron chi connectivity index (χ4n) is 3.07. The Morgan fingerprint density at radius 1 is 1.31 bits per heavy atom. The second kappa shape index (κ2) is 5.19. The SMILES string of the molecule is CCC1CCCCCN1CC1(CC#N)CC1. The summed E-state index contributed by atoms with van der Waals surface area (Å²) in [7, 11) is 0. The van der Waals surface area contributed by atoms with Crippen molar-refractivity contribution in [2.75, 3.05) is 13.1 Å². The molecule has 2 heteroatoms. The van der Waals surface area contributed by atoms with E-state index in [0.29, 0.717) is 5.41 Å². The Bertz CT molecular complexity index is 262. The summed E-state index contributed by atoms with van der Waals surface area (Å²) in [5, 5.41) is 8.88. The first-order chi connectivity index (χ1) is 7.79. The topological polar surface area (TPSA) is 27.0 Å². The second-order valence-corrected chi connectivity index (χ2v) is 5.72. The number of nitriles is 1. The number of likely N-dealkylation sites (tertiary alicyclic amines) is 1. The maximum atomic E-state index is 8.88. The molecule has 0 aromatic carbocycles. The number of rotatable bonds is 4. The van der Waals surface area contributed by atoms with E-state index in [2.05, 4.69) is 17.9 Å². The molecule has 2 nitrogen and oxygen atoms in total.